The highest BCUT2D eigenvalue weighted by molar-refractivity contribution is 7.92. The Morgan fingerprint density at radius 2 is 1.68 bits per heavy atom. The number of aryl methyl sites for hydroxylation is 2. The van der Waals surface area contributed by atoms with Crippen LogP contribution in [0, 0.1) is 11.6 Å². The van der Waals surface area contributed by atoms with Gasteiger partial charge in [-0.05, 0) is 62.6 Å². The average Bonchev–Trinajstić information content (AvgIpc) is 2.83. The number of carbonyl (C=O) groups excluding carboxylic acids is 1. The molecular weight excluding hydrogens is 518 g/mol. The highest BCUT2D eigenvalue weighted by Gasteiger charge is 2.36. The van der Waals surface area contributed by atoms with Crippen LogP contribution in [-0.4, -0.2) is 46.5 Å². The van der Waals surface area contributed by atoms with Crippen molar-refractivity contribution in [2.24, 2.45) is 7.05 Å². The van der Waals surface area contributed by atoms with Crippen molar-refractivity contribution in [2.45, 2.75) is 38.0 Å². The van der Waals surface area contributed by atoms with E-state index in [0.29, 0.717) is 5.56 Å². The Hall–Kier alpha value is -3.86. The smallest absolute Gasteiger partial charge is 0.405 e. The Kier molecular flexibility index (Phi) is 8.21. The van der Waals surface area contributed by atoms with Gasteiger partial charge >= 0.3 is 6.09 Å². The summed E-state index contributed by atoms with van der Waals surface area (Å²) in [7, 11) is -2.35. The zero-order chi connectivity index (χ0) is 28.4. The molecule has 0 aliphatic heterocycles. The van der Waals surface area contributed by atoms with Crippen molar-refractivity contribution in [1.29, 1.82) is 0 Å². The number of benzene rings is 2. The summed E-state index contributed by atoms with van der Waals surface area (Å²) < 4.78 is 55.5. The number of nitrogens with one attached hydrogen (secondary N) is 1. The second-order valence-electron chi connectivity index (χ2n) is 9.61. The van der Waals surface area contributed by atoms with Gasteiger partial charge in [0.15, 0.2) is 15.6 Å². The Balaban J connectivity index is 2.03. The minimum absolute atomic E-state index is 0.00122. The molecule has 0 radical (unpaired) electrons. The van der Waals surface area contributed by atoms with Crippen LogP contribution in [0.25, 0.3) is 11.1 Å². The molecule has 0 aliphatic carbocycles. The van der Waals surface area contributed by atoms with E-state index in [1.54, 1.807) is 6.07 Å². The maximum absolute atomic E-state index is 14.9. The third kappa shape index (κ3) is 6.34. The van der Waals surface area contributed by atoms with Crippen LogP contribution < -0.4 is 10.9 Å². The monoisotopic (exact) mass is 546 g/mol. The van der Waals surface area contributed by atoms with Crippen molar-refractivity contribution < 1.29 is 31.9 Å². The van der Waals surface area contributed by atoms with Crippen LogP contribution in [0.15, 0.2) is 59.5 Å². The summed E-state index contributed by atoms with van der Waals surface area (Å²) in [6.07, 6.45) is -0.0966. The third-order valence-electron chi connectivity index (χ3n) is 6.56. The molecular formula is C27H28F2N2O6S. The number of nitrogens with zero attached hydrogens (tertiary/aromatic N) is 1. The standard InChI is InChI=1S/C27H28F2N2O6S/c1-16(27(2,3)30-26(34)35)38(36,37)12-11-17-5-10-20(25(33)18-6-8-19(28)9-7-18)21(13-17)22-15-31(4)24(32)14-23(22)29/h5-10,13-16,30H,11-12H2,1-4H3,(H,34,35). The molecule has 1 amide bonds. The predicted molar refractivity (Wildman–Crippen MR) is 139 cm³/mol. The number of halogens is 2. The Morgan fingerprint density at radius 1 is 1.05 bits per heavy atom. The van der Waals surface area contributed by atoms with Crippen molar-refractivity contribution in [3.63, 3.8) is 0 Å². The van der Waals surface area contributed by atoms with Gasteiger partial charge in [-0.25, -0.2) is 22.0 Å². The van der Waals surface area contributed by atoms with E-state index in [4.69, 9.17) is 5.11 Å². The number of pyridine rings is 1. The fraction of sp³-hybridized carbons (Fsp3) is 0.296. The largest absolute Gasteiger partial charge is 0.465 e. The predicted octanol–water partition coefficient (Wildman–Crippen LogP) is 3.95. The first-order valence-corrected chi connectivity index (χ1v) is 13.4. The van der Waals surface area contributed by atoms with E-state index in [9.17, 15) is 31.6 Å². The highest BCUT2D eigenvalue weighted by Crippen LogP contribution is 2.29. The van der Waals surface area contributed by atoms with Gasteiger partial charge in [-0.2, -0.15) is 0 Å². The molecule has 0 saturated heterocycles. The zero-order valence-corrected chi connectivity index (χ0v) is 22.1. The van der Waals surface area contributed by atoms with E-state index in [-0.39, 0.29) is 34.4 Å². The van der Waals surface area contributed by atoms with Crippen molar-refractivity contribution >= 4 is 21.7 Å². The number of amides is 1. The topological polar surface area (TPSA) is 123 Å². The van der Waals surface area contributed by atoms with Crippen molar-refractivity contribution in [2.75, 3.05) is 5.75 Å². The van der Waals surface area contributed by atoms with Crippen LogP contribution in [0.3, 0.4) is 0 Å². The fourth-order valence-corrected chi connectivity index (χ4v) is 5.82. The maximum Gasteiger partial charge on any atom is 0.405 e. The van der Waals surface area contributed by atoms with Crippen LogP contribution in [0.5, 0.6) is 0 Å². The van der Waals surface area contributed by atoms with Crippen LogP contribution in [0.4, 0.5) is 13.6 Å². The van der Waals surface area contributed by atoms with Gasteiger partial charge in [0.2, 0.25) is 0 Å². The van der Waals surface area contributed by atoms with E-state index in [1.807, 2.05) is 0 Å². The number of carbonyl (C=O) groups is 2. The summed E-state index contributed by atoms with van der Waals surface area (Å²) >= 11 is 0. The van der Waals surface area contributed by atoms with Crippen molar-refractivity contribution in [3.05, 3.63) is 93.4 Å². The number of carboxylic acid groups (broad SMARTS) is 1. The SMILES string of the molecule is CC(C(C)(C)NC(=O)O)S(=O)(=O)CCc1ccc(C(=O)c2ccc(F)cc2)c(-c2cn(C)c(=O)cc2F)c1. The first kappa shape index (κ1) is 28.7. The molecule has 0 bridgehead atoms. The molecule has 1 unspecified atom stereocenters. The second kappa shape index (κ2) is 10.9. The summed E-state index contributed by atoms with van der Waals surface area (Å²) in [5.74, 6) is -2.23. The van der Waals surface area contributed by atoms with Gasteiger partial charge in [-0.1, -0.05) is 18.2 Å². The molecule has 8 nitrogen and oxygen atoms in total. The van der Waals surface area contributed by atoms with Crippen LogP contribution in [-0.2, 0) is 23.3 Å². The van der Waals surface area contributed by atoms with Gasteiger partial charge in [0, 0.05) is 36.0 Å². The quantitative estimate of drug-likeness (QED) is 0.392. The van der Waals surface area contributed by atoms with E-state index < -0.39 is 49.7 Å². The lowest BCUT2D eigenvalue weighted by Gasteiger charge is -2.31. The third-order valence-corrected chi connectivity index (χ3v) is 9.00. The molecule has 0 fully saturated rings. The summed E-state index contributed by atoms with van der Waals surface area (Å²) in [5.41, 5.74) is -1.02. The number of ketones is 1. The molecule has 202 valence electrons. The number of hydrogen-bond donors (Lipinski definition) is 2. The minimum atomic E-state index is -3.78. The van der Waals surface area contributed by atoms with E-state index in [1.165, 1.54) is 58.3 Å². The summed E-state index contributed by atoms with van der Waals surface area (Å²) in [5, 5.41) is 10.2. The molecule has 1 heterocycles. The Labute approximate surface area is 218 Å². The summed E-state index contributed by atoms with van der Waals surface area (Å²) in [6.45, 7) is 4.36. The molecule has 38 heavy (non-hydrogen) atoms. The second-order valence-corrected chi connectivity index (χ2v) is 12.1. The molecule has 2 aromatic carbocycles. The molecule has 1 aromatic heterocycles. The first-order valence-electron chi connectivity index (χ1n) is 11.6. The number of sulfone groups is 1. The normalized spacial score (nSPS) is 12.7. The zero-order valence-electron chi connectivity index (χ0n) is 21.3. The van der Waals surface area contributed by atoms with Gasteiger partial charge in [0.05, 0.1) is 16.5 Å². The highest BCUT2D eigenvalue weighted by atomic mass is 32.2. The number of hydrogen-bond acceptors (Lipinski definition) is 5. The van der Waals surface area contributed by atoms with Crippen molar-refractivity contribution in [1.82, 2.24) is 9.88 Å². The molecule has 11 heteroatoms. The fourth-order valence-electron chi connectivity index (χ4n) is 3.99. The lowest BCUT2D eigenvalue weighted by atomic mass is 9.92. The molecule has 0 saturated carbocycles. The van der Waals surface area contributed by atoms with Gasteiger partial charge in [-0.15, -0.1) is 0 Å². The molecule has 0 aliphatic rings. The van der Waals surface area contributed by atoms with Crippen LogP contribution in [0.1, 0.15) is 42.3 Å². The average molecular weight is 547 g/mol. The first-order chi connectivity index (χ1) is 17.6. The van der Waals surface area contributed by atoms with Gasteiger partial charge in [0.1, 0.15) is 11.6 Å². The summed E-state index contributed by atoms with van der Waals surface area (Å²) in [4.78, 5) is 36.2. The number of rotatable bonds is 9. The Morgan fingerprint density at radius 3 is 2.29 bits per heavy atom. The van der Waals surface area contributed by atoms with Gasteiger partial charge in [-0.3, -0.25) is 9.59 Å². The van der Waals surface area contributed by atoms with Crippen LogP contribution >= 0.6 is 0 Å². The summed E-state index contributed by atoms with van der Waals surface area (Å²) in [6, 6.07) is 10.1. The van der Waals surface area contributed by atoms with Gasteiger partial charge in [0.25, 0.3) is 5.56 Å². The van der Waals surface area contributed by atoms with Crippen LogP contribution in [0.2, 0.25) is 0 Å². The molecule has 3 aromatic rings. The lowest BCUT2D eigenvalue weighted by molar-refractivity contribution is 0.103. The minimum Gasteiger partial charge on any atom is -0.465 e. The molecule has 0 spiro atoms. The lowest BCUT2D eigenvalue weighted by Crippen LogP contribution is -2.53. The number of aromatic nitrogens is 1. The molecule has 2 N–H and O–H groups in total. The maximum atomic E-state index is 14.9. The van der Waals surface area contributed by atoms with Crippen molar-refractivity contribution in [3.8, 4) is 11.1 Å². The van der Waals surface area contributed by atoms with E-state index >= 15 is 0 Å². The van der Waals surface area contributed by atoms with E-state index in [2.05, 4.69) is 5.32 Å². The Bertz CT molecular complexity index is 1550. The van der Waals surface area contributed by atoms with Gasteiger partial charge < -0.3 is 15.0 Å². The van der Waals surface area contributed by atoms with E-state index in [0.717, 1.165) is 22.8 Å². The molecule has 1 atom stereocenters. The molecule has 3 rings (SSSR count).